The van der Waals surface area contributed by atoms with Crippen LogP contribution in [0, 0.1) is 0 Å². The zero-order chi connectivity index (χ0) is 27.4. The molecule has 1 atom stereocenters. The van der Waals surface area contributed by atoms with Gasteiger partial charge in [0.1, 0.15) is 0 Å². The Morgan fingerprint density at radius 1 is 1.08 bits per heavy atom. The summed E-state index contributed by atoms with van der Waals surface area (Å²) in [5, 5.41) is 11.7. The number of ketones is 1. The molecule has 4 rings (SSSR count). The number of fused-ring (bicyclic) bond motifs is 1. The fourth-order valence-electron chi connectivity index (χ4n) is 4.59. The normalized spacial score (nSPS) is 15.6. The lowest BCUT2D eigenvalue weighted by Gasteiger charge is -2.27. The molecule has 2 aromatic carbocycles. The smallest absolute Gasteiger partial charge is 0.290 e. The van der Waals surface area contributed by atoms with Gasteiger partial charge in [0.05, 0.1) is 38.5 Å². The largest absolute Gasteiger partial charge is 0.503 e. The summed E-state index contributed by atoms with van der Waals surface area (Å²) in [4.78, 5) is 28.6. The summed E-state index contributed by atoms with van der Waals surface area (Å²) < 4.78 is 28.0. The van der Waals surface area contributed by atoms with Crippen LogP contribution in [0.15, 0.2) is 58.2 Å². The Balaban J connectivity index is 1.77. The van der Waals surface area contributed by atoms with Crippen LogP contribution in [-0.2, 0) is 9.53 Å². The van der Waals surface area contributed by atoms with E-state index >= 15 is 0 Å². The van der Waals surface area contributed by atoms with Crippen molar-refractivity contribution in [3.05, 3.63) is 65.1 Å². The van der Waals surface area contributed by atoms with Gasteiger partial charge >= 0.3 is 0 Å². The second-order valence-corrected chi connectivity index (χ2v) is 9.10. The lowest BCUT2D eigenvalue weighted by molar-refractivity contribution is -0.129. The van der Waals surface area contributed by atoms with Crippen LogP contribution >= 0.6 is 0 Å². The number of Topliss-reactive ketones (excluding diaryl/α,β-unsaturated/α-hetero) is 1. The first-order valence-electron chi connectivity index (χ1n) is 12.6. The van der Waals surface area contributed by atoms with E-state index < -0.39 is 23.5 Å². The van der Waals surface area contributed by atoms with Gasteiger partial charge in [-0.25, -0.2) is 0 Å². The number of aliphatic hydroxyl groups excluding tert-OH is 1. The fourth-order valence-corrected chi connectivity index (χ4v) is 4.59. The predicted molar refractivity (Wildman–Crippen MR) is 141 cm³/mol. The number of amides is 1. The van der Waals surface area contributed by atoms with E-state index in [1.54, 1.807) is 42.5 Å². The lowest BCUT2D eigenvalue weighted by atomic mass is 9.94. The van der Waals surface area contributed by atoms with Gasteiger partial charge in [-0.15, -0.1) is 0 Å². The fraction of sp³-hybridized carbons (Fsp3) is 0.379. The third kappa shape index (κ3) is 5.19. The van der Waals surface area contributed by atoms with E-state index in [2.05, 4.69) is 0 Å². The van der Waals surface area contributed by atoms with Crippen molar-refractivity contribution in [1.29, 1.82) is 0 Å². The zero-order valence-corrected chi connectivity index (χ0v) is 22.3. The van der Waals surface area contributed by atoms with Gasteiger partial charge in [-0.05, 0) is 57.0 Å². The average Bonchev–Trinajstić information content (AvgIpc) is 3.45. The number of carbonyl (C=O) groups excluding carboxylic acids is 2. The Labute approximate surface area is 221 Å². The van der Waals surface area contributed by atoms with Crippen molar-refractivity contribution in [2.24, 2.45) is 0 Å². The summed E-state index contributed by atoms with van der Waals surface area (Å²) in [6, 6.07) is 11.2. The first-order chi connectivity index (χ1) is 18.3. The van der Waals surface area contributed by atoms with Crippen LogP contribution in [0.25, 0.3) is 11.0 Å². The molecule has 2 heterocycles. The van der Waals surface area contributed by atoms with Crippen molar-refractivity contribution in [1.82, 2.24) is 4.90 Å². The van der Waals surface area contributed by atoms with Gasteiger partial charge in [0, 0.05) is 18.5 Å². The second-order valence-electron chi connectivity index (χ2n) is 9.10. The zero-order valence-electron chi connectivity index (χ0n) is 22.3. The van der Waals surface area contributed by atoms with E-state index in [0.717, 1.165) is 0 Å². The van der Waals surface area contributed by atoms with Gasteiger partial charge in [0.2, 0.25) is 5.78 Å². The standard InChI is InChI=1S/C29H33NO8/c1-6-36-22-15-18(11-12-20(22)34-4)25-24(27(32)29(33)30(25)13-8-14-37-17(2)3)26(31)23-16-19-9-7-10-21(35-5)28(19)38-23/h7,9-12,15-17,25,32H,6,8,13-14H2,1-5H3. The summed E-state index contributed by atoms with van der Waals surface area (Å²) in [6.45, 7) is 6.80. The molecule has 9 heteroatoms. The molecule has 0 aliphatic carbocycles. The van der Waals surface area contributed by atoms with Gasteiger partial charge in [-0.3, -0.25) is 9.59 Å². The average molecular weight is 524 g/mol. The highest BCUT2D eigenvalue weighted by atomic mass is 16.5. The van der Waals surface area contributed by atoms with Crippen LogP contribution < -0.4 is 14.2 Å². The number of nitrogens with zero attached hydrogens (tertiary/aromatic N) is 1. The molecule has 0 saturated carbocycles. The molecule has 3 aromatic rings. The van der Waals surface area contributed by atoms with E-state index in [1.165, 1.54) is 19.1 Å². The first-order valence-corrected chi connectivity index (χ1v) is 12.6. The van der Waals surface area contributed by atoms with E-state index in [4.69, 9.17) is 23.4 Å². The molecule has 0 spiro atoms. The molecule has 0 radical (unpaired) electrons. The third-order valence-electron chi connectivity index (χ3n) is 6.30. The number of hydrogen-bond donors (Lipinski definition) is 1. The molecule has 0 fully saturated rings. The number of hydrogen-bond acceptors (Lipinski definition) is 8. The molecule has 1 aromatic heterocycles. The molecule has 1 aliphatic heterocycles. The molecule has 9 nitrogen and oxygen atoms in total. The maximum absolute atomic E-state index is 13.8. The molecule has 0 bridgehead atoms. The lowest BCUT2D eigenvalue weighted by Crippen LogP contribution is -2.32. The van der Waals surface area contributed by atoms with Crippen LogP contribution in [0.4, 0.5) is 0 Å². The Morgan fingerprint density at radius 3 is 2.53 bits per heavy atom. The van der Waals surface area contributed by atoms with Gasteiger partial charge in [0.15, 0.2) is 34.4 Å². The van der Waals surface area contributed by atoms with E-state index in [0.29, 0.717) is 53.4 Å². The summed E-state index contributed by atoms with van der Waals surface area (Å²) >= 11 is 0. The van der Waals surface area contributed by atoms with Crippen molar-refractivity contribution in [3.63, 3.8) is 0 Å². The van der Waals surface area contributed by atoms with E-state index in [1.807, 2.05) is 20.8 Å². The van der Waals surface area contributed by atoms with Crippen molar-refractivity contribution in [2.45, 2.75) is 39.3 Å². The molecular weight excluding hydrogens is 490 g/mol. The number of aliphatic hydroxyl groups is 1. The Hall–Kier alpha value is -3.98. The van der Waals surface area contributed by atoms with Crippen LogP contribution in [0.3, 0.4) is 0 Å². The minimum atomic E-state index is -0.866. The monoisotopic (exact) mass is 523 g/mol. The Bertz CT molecular complexity index is 1360. The third-order valence-corrected chi connectivity index (χ3v) is 6.30. The summed E-state index contributed by atoms with van der Waals surface area (Å²) in [5.41, 5.74) is 0.934. The van der Waals surface area contributed by atoms with Gasteiger partial charge in [-0.2, -0.15) is 0 Å². The van der Waals surface area contributed by atoms with Gasteiger partial charge in [0.25, 0.3) is 5.91 Å². The first kappa shape index (κ1) is 27.1. The topological polar surface area (TPSA) is 108 Å². The minimum Gasteiger partial charge on any atom is -0.503 e. The maximum atomic E-state index is 13.8. The highest BCUT2D eigenvalue weighted by molar-refractivity contribution is 6.16. The molecule has 1 aliphatic rings. The van der Waals surface area contributed by atoms with Crippen LogP contribution in [0.5, 0.6) is 17.2 Å². The van der Waals surface area contributed by atoms with E-state index in [-0.39, 0.29) is 24.0 Å². The molecule has 38 heavy (non-hydrogen) atoms. The molecular formula is C29H33NO8. The molecule has 0 saturated heterocycles. The molecule has 1 unspecified atom stereocenters. The molecule has 202 valence electrons. The number of benzene rings is 2. The van der Waals surface area contributed by atoms with Crippen molar-refractivity contribution in [3.8, 4) is 17.2 Å². The van der Waals surface area contributed by atoms with Crippen LogP contribution in [-0.4, -0.2) is 61.8 Å². The minimum absolute atomic E-state index is 0.00705. The number of methoxy groups -OCH3 is 2. The molecule has 1 amide bonds. The number of ether oxygens (including phenoxy) is 4. The number of para-hydroxylation sites is 1. The van der Waals surface area contributed by atoms with Crippen molar-refractivity contribution < 1.29 is 38.1 Å². The highest BCUT2D eigenvalue weighted by Gasteiger charge is 2.44. The number of rotatable bonds is 12. The van der Waals surface area contributed by atoms with Crippen molar-refractivity contribution in [2.75, 3.05) is 34.0 Å². The van der Waals surface area contributed by atoms with Gasteiger partial charge < -0.3 is 33.4 Å². The van der Waals surface area contributed by atoms with Gasteiger partial charge in [-0.1, -0.05) is 18.2 Å². The number of furan rings is 1. The Kier molecular flexibility index (Phi) is 8.26. The summed E-state index contributed by atoms with van der Waals surface area (Å²) in [5.74, 6) is -0.378. The summed E-state index contributed by atoms with van der Waals surface area (Å²) in [6.07, 6.45) is 0.565. The highest BCUT2D eigenvalue weighted by Crippen LogP contribution is 2.42. The second kappa shape index (κ2) is 11.6. The van der Waals surface area contributed by atoms with Crippen LogP contribution in [0.2, 0.25) is 0 Å². The SMILES string of the molecule is CCOc1cc(C2C(C(=O)c3cc4cccc(OC)c4o3)=C(O)C(=O)N2CCCOC(C)C)ccc1OC. The number of carbonyl (C=O) groups is 2. The van der Waals surface area contributed by atoms with E-state index in [9.17, 15) is 14.7 Å². The Morgan fingerprint density at radius 2 is 1.84 bits per heavy atom. The quantitative estimate of drug-likeness (QED) is 0.254. The predicted octanol–water partition coefficient (Wildman–Crippen LogP) is 5.24. The summed E-state index contributed by atoms with van der Waals surface area (Å²) in [7, 11) is 3.05. The van der Waals surface area contributed by atoms with Crippen molar-refractivity contribution >= 4 is 22.7 Å². The molecule has 1 N–H and O–H groups in total. The maximum Gasteiger partial charge on any atom is 0.290 e. The van der Waals surface area contributed by atoms with Crippen LogP contribution in [0.1, 0.15) is 49.4 Å².